The smallest absolute Gasteiger partial charge is 0.407 e. The van der Waals surface area contributed by atoms with E-state index in [4.69, 9.17) is 9.47 Å². The van der Waals surface area contributed by atoms with Crippen LogP contribution in [0, 0.1) is 23.7 Å². The number of nitrogens with one attached hydrogen (secondary N) is 2. The molecule has 5 rings (SSSR count). The summed E-state index contributed by atoms with van der Waals surface area (Å²) < 4.78 is 24.8. The molecule has 248 valence electrons. The quantitative estimate of drug-likeness (QED) is 0.347. The number of fused-ring (bicyclic) bond motifs is 1. The Labute approximate surface area is 264 Å². The van der Waals surface area contributed by atoms with E-state index in [1.165, 1.54) is 6.42 Å². The molecule has 0 radical (unpaired) electrons. The maximum atomic E-state index is 14.0. The molecule has 4 atom stereocenters. The van der Waals surface area contributed by atoms with E-state index in [-0.39, 0.29) is 36.0 Å². The Bertz CT molecular complexity index is 1250. The zero-order valence-corrected chi connectivity index (χ0v) is 26.7. The summed E-state index contributed by atoms with van der Waals surface area (Å²) in [5, 5.41) is 15.1. The van der Waals surface area contributed by atoms with E-state index in [0.29, 0.717) is 49.6 Å². The first kappa shape index (κ1) is 33.0. The first-order valence-electron chi connectivity index (χ1n) is 16.6. The molecule has 3 amide bonds. The van der Waals surface area contributed by atoms with Gasteiger partial charge in [0.25, 0.3) is 0 Å². The molecule has 45 heavy (non-hydrogen) atoms. The van der Waals surface area contributed by atoms with Crippen molar-refractivity contribution in [2.24, 2.45) is 23.7 Å². The monoisotopic (exact) mass is 629 g/mol. The Kier molecular flexibility index (Phi) is 10.2. The summed E-state index contributed by atoms with van der Waals surface area (Å²) in [6.45, 7) is 5.11. The van der Waals surface area contributed by atoms with Gasteiger partial charge in [-0.3, -0.25) is 9.59 Å². The Morgan fingerprint density at radius 2 is 1.76 bits per heavy atom. The number of halogens is 1. The molecule has 2 saturated carbocycles. The van der Waals surface area contributed by atoms with Crippen LogP contribution in [0.4, 0.5) is 14.9 Å². The minimum atomic E-state index is -1.03. The zero-order chi connectivity index (χ0) is 32.3. The van der Waals surface area contributed by atoms with Crippen molar-refractivity contribution in [2.75, 3.05) is 18.5 Å². The van der Waals surface area contributed by atoms with Gasteiger partial charge in [0, 0.05) is 30.1 Å². The number of carboxylic acid groups (broad SMARTS) is 1. The molecule has 11 heteroatoms. The largest absolute Gasteiger partial charge is 0.478 e. The van der Waals surface area contributed by atoms with Crippen LogP contribution >= 0.6 is 0 Å². The van der Waals surface area contributed by atoms with Crippen LogP contribution in [0.25, 0.3) is 0 Å². The average molecular weight is 630 g/mol. The Morgan fingerprint density at radius 3 is 2.40 bits per heavy atom. The number of nitrogens with zero attached hydrogens (tertiary/aromatic N) is 1. The second-order valence-corrected chi connectivity index (χ2v) is 14.3. The molecule has 1 aromatic rings. The Hall–Kier alpha value is -3.37. The van der Waals surface area contributed by atoms with Crippen molar-refractivity contribution < 1.29 is 38.1 Å². The number of alkyl carbamates (subject to hydrolysis) is 1. The highest BCUT2D eigenvalue weighted by atomic mass is 19.1. The van der Waals surface area contributed by atoms with Gasteiger partial charge in [0.2, 0.25) is 11.8 Å². The third kappa shape index (κ3) is 7.90. The predicted octanol–water partition coefficient (Wildman–Crippen LogP) is 5.48. The number of carboxylic acids is 1. The van der Waals surface area contributed by atoms with Crippen LogP contribution in [0.15, 0.2) is 18.2 Å². The molecular formula is C34H48FN3O7. The lowest BCUT2D eigenvalue weighted by atomic mass is 9.76. The average Bonchev–Trinajstić information content (AvgIpc) is 3.64. The minimum absolute atomic E-state index is 0.0181. The highest BCUT2D eigenvalue weighted by molar-refractivity contribution is 5.98. The van der Waals surface area contributed by atoms with Crippen LogP contribution in [-0.4, -0.2) is 70.9 Å². The number of anilines is 1. The summed E-state index contributed by atoms with van der Waals surface area (Å²) in [6.07, 6.45) is 7.38. The van der Waals surface area contributed by atoms with Gasteiger partial charge in [0.1, 0.15) is 24.1 Å². The zero-order valence-electron chi connectivity index (χ0n) is 26.7. The van der Waals surface area contributed by atoms with Crippen molar-refractivity contribution in [3.05, 3.63) is 23.8 Å². The fourth-order valence-corrected chi connectivity index (χ4v) is 7.88. The maximum absolute atomic E-state index is 14.0. The highest BCUT2D eigenvalue weighted by Crippen LogP contribution is 2.42. The third-order valence-corrected chi connectivity index (χ3v) is 10.1. The number of hydrogen-bond donors (Lipinski definition) is 3. The molecule has 0 aromatic heterocycles. The van der Waals surface area contributed by atoms with Crippen molar-refractivity contribution in [1.82, 2.24) is 10.2 Å². The second kappa shape index (κ2) is 14.0. The third-order valence-electron chi connectivity index (χ3n) is 10.1. The number of ether oxygens (including phenoxy) is 2. The Balaban J connectivity index is 1.25. The number of benzene rings is 1. The molecule has 2 aliphatic carbocycles. The number of likely N-dealkylation sites (tertiary alicyclic amines) is 1. The summed E-state index contributed by atoms with van der Waals surface area (Å²) in [5.41, 5.74) is 0.611. The molecule has 3 N–H and O–H groups in total. The van der Waals surface area contributed by atoms with Crippen LogP contribution in [0.1, 0.15) is 90.5 Å². The van der Waals surface area contributed by atoms with Gasteiger partial charge in [-0.25, -0.2) is 14.0 Å². The molecule has 1 saturated heterocycles. The van der Waals surface area contributed by atoms with Crippen LogP contribution < -0.4 is 15.4 Å². The van der Waals surface area contributed by atoms with Gasteiger partial charge in [-0.2, -0.15) is 0 Å². The molecule has 1 aromatic carbocycles. The summed E-state index contributed by atoms with van der Waals surface area (Å²) in [7, 11) is 0. The number of amides is 3. The maximum Gasteiger partial charge on any atom is 0.407 e. The van der Waals surface area contributed by atoms with E-state index in [9.17, 15) is 28.7 Å². The van der Waals surface area contributed by atoms with E-state index < -0.39 is 42.5 Å². The first-order valence-corrected chi connectivity index (χ1v) is 16.6. The molecule has 3 fully saturated rings. The number of carbonyl (C=O) groups excluding carboxylic acids is 3. The van der Waals surface area contributed by atoms with Crippen molar-refractivity contribution in [3.63, 3.8) is 0 Å². The first-order chi connectivity index (χ1) is 21.4. The number of rotatable bonds is 8. The molecule has 2 heterocycles. The number of alkyl halides is 1. The van der Waals surface area contributed by atoms with E-state index >= 15 is 0 Å². The van der Waals surface area contributed by atoms with Crippen LogP contribution in [0.2, 0.25) is 0 Å². The topological polar surface area (TPSA) is 134 Å². The number of aliphatic carboxylic acids is 1. The van der Waals surface area contributed by atoms with Gasteiger partial charge >= 0.3 is 12.1 Å². The lowest BCUT2D eigenvalue weighted by Crippen LogP contribution is -2.50. The van der Waals surface area contributed by atoms with Gasteiger partial charge in [-0.05, 0) is 88.8 Å². The van der Waals surface area contributed by atoms with Crippen molar-refractivity contribution in [1.29, 1.82) is 0 Å². The van der Waals surface area contributed by atoms with Crippen LogP contribution in [0.5, 0.6) is 5.75 Å². The summed E-state index contributed by atoms with van der Waals surface area (Å²) in [5.74, 6) is -0.637. The summed E-state index contributed by atoms with van der Waals surface area (Å²) >= 11 is 0. The van der Waals surface area contributed by atoms with E-state index in [1.807, 2.05) is 0 Å². The van der Waals surface area contributed by atoms with Gasteiger partial charge in [0.05, 0.1) is 6.04 Å². The highest BCUT2D eigenvalue weighted by Gasteiger charge is 2.47. The summed E-state index contributed by atoms with van der Waals surface area (Å²) in [6, 6.07) is 3.92. The molecule has 2 aliphatic heterocycles. The number of carbonyl (C=O) groups is 4. The van der Waals surface area contributed by atoms with E-state index in [2.05, 4.69) is 10.6 Å². The van der Waals surface area contributed by atoms with E-state index in [0.717, 1.165) is 37.7 Å². The fourth-order valence-electron chi connectivity index (χ4n) is 7.88. The lowest BCUT2D eigenvalue weighted by molar-refractivity contribution is -0.144. The van der Waals surface area contributed by atoms with Crippen molar-refractivity contribution >= 4 is 29.6 Å². The van der Waals surface area contributed by atoms with Gasteiger partial charge < -0.3 is 30.1 Å². The molecule has 4 aliphatic rings. The second-order valence-electron chi connectivity index (χ2n) is 14.3. The van der Waals surface area contributed by atoms with Gasteiger partial charge in [0.15, 0.2) is 6.10 Å². The molecule has 1 unspecified atom stereocenters. The van der Waals surface area contributed by atoms with Gasteiger partial charge in [-0.15, -0.1) is 0 Å². The SMILES string of the molecule is CC(C)(C)OC(=O)N[C@H](CF)C1CCC(C(=O)N2CC[C@@H](C3CCCCC3)[C@@H]2C(=O)Nc2ccc3c(c2)CC(C(=O)O)O3)CC1. The van der Waals surface area contributed by atoms with Crippen LogP contribution in [-0.2, 0) is 25.5 Å². The molecule has 0 spiro atoms. The molecule has 0 bridgehead atoms. The van der Waals surface area contributed by atoms with Crippen molar-refractivity contribution in [3.8, 4) is 5.75 Å². The lowest BCUT2D eigenvalue weighted by Gasteiger charge is -2.37. The van der Waals surface area contributed by atoms with Crippen molar-refractivity contribution in [2.45, 2.75) is 115 Å². The fraction of sp³-hybridized carbons (Fsp3) is 0.706. The number of hydrogen-bond acceptors (Lipinski definition) is 6. The minimum Gasteiger partial charge on any atom is -0.478 e. The normalized spacial score (nSPS) is 27.6. The predicted molar refractivity (Wildman–Crippen MR) is 166 cm³/mol. The molecular weight excluding hydrogens is 581 g/mol. The molecule has 10 nitrogen and oxygen atoms in total. The summed E-state index contributed by atoms with van der Waals surface area (Å²) in [4.78, 5) is 53.5. The van der Waals surface area contributed by atoms with Crippen LogP contribution in [0.3, 0.4) is 0 Å². The Morgan fingerprint density at radius 1 is 1.04 bits per heavy atom. The standard InChI is InChI=1S/C34H48FN3O7/c1-34(2,3)45-33(43)37-26(19-35)21-9-11-22(12-10-21)31(40)38-16-15-25(20-7-5-4-6-8-20)29(38)30(39)36-24-13-14-27-23(17-24)18-28(44-27)32(41)42/h13-14,17,20-22,25-26,28-29H,4-12,15-16,18-19H2,1-3H3,(H,36,39)(H,37,43)(H,41,42)/t21?,22?,25-,26+,28?,29+/m0/s1. The van der Waals surface area contributed by atoms with Gasteiger partial charge in [-0.1, -0.05) is 32.1 Å². The van der Waals surface area contributed by atoms with E-state index in [1.54, 1.807) is 43.9 Å².